The SMILES string of the molecule is O=C(CCBr)CCC(=O)CCOc1ccccc1O. The minimum absolute atomic E-state index is 0.00153. The molecule has 0 amide bonds. The first-order valence-electron chi connectivity index (χ1n) is 6.13. The number of para-hydroxylation sites is 2. The molecule has 0 unspecified atom stereocenters. The lowest BCUT2D eigenvalue weighted by Gasteiger charge is -2.07. The number of halogens is 1. The van der Waals surface area contributed by atoms with Gasteiger partial charge < -0.3 is 9.84 Å². The molecule has 0 heterocycles. The highest BCUT2D eigenvalue weighted by molar-refractivity contribution is 9.09. The molecular weight excluding hydrogens is 312 g/mol. The zero-order valence-electron chi connectivity index (χ0n) is 10.6. The molecule has 19 heavy (non-hydrogen) atoms. The van der Waals surface area contributed by atoms with Crippen LogP contribution in [0.4, 0.5) is 0 Å². The maximum absolute atomic E-state index is 11.5. The number of carbonyl (C=O) groups is 2. The number of hydrogen-bond donors (Lipinski definition) is 1. The Bertz CT molecular complexity index is 431. The van der Waals surface area contributed by atoms with Gasteiger partial charge in [0.25, 0.3) is 0 Å². The lowest BCUT2D eigenvalue weighted by Crippen LogP contribution is -2.09. The monoisotopic (exact) mass is 328 g/mol. The molecule has 0 saturated heterocycles. The Labute approximate surface area is 120 Å². The predicted octanol–water partition coefficient (Wildman–Crippen LogP) is 2.86. The quantitative estimate of drug-likeness (QED) is 0.708. The third-order valence-corrected chi connectivity index (χ3v) is 2.96. The number of aromatic hydroxyl groups is 1. The van der Waals surface area contributed by atoms with Crippen LogP contribution in [0.2, 0.25) is 0 Å². The maximum Gasteiger partial charge on any atom is 0.160 e. The van der Waals surface area contributed by atoms with Crippen LogP contribution in [0.3, 0.4) is 0 Å². The number of benzene rings is 1. The van der Waals surface area contributed by atoms with Crippen LogP contribution >= 0.6 is 15.9 Å². The molecule has 1 aromatic carbocycles. The zero-order valence-corrected chi connectivity index (χ0v) is 12.2. The van der Waals surface area contributed by atoms with Gasteiger partial charge in [-0.15, -0.1) is 0 Å². The van der Waals surface area contributed by atoms with Crippen molar-refractivity contribution >= 4 is 27.5 Å². The number of ether oxygens (including phenoxy) is 1. The van der Waals surface area contributed by atoms with E-state index in [1.807, 2.05) is 0 Å². The highest BCUT2D eigenvalue weighted by atomic mass is 79.9. The smallest absolute Gasteiger partial charge is 0.160 e. The van der Waals surface area contributed by atoms with Crippen LogP contribution in [-0.4, -0.2) is 28.6 Å². The van der Waals surface area contributed by atoms with Gasteiger partial charge in [0.2, 0.25) is 0 Å². The first-order chi connectivity index (χ1) is 9.13. The second kappa shape index (κ2) is 8.69. The van der Waals surface area contributed by atoms with Crippen molar-refractivity contribution in [2.45, 2.75) is 25.7 Å². The molecule has 0 spiro atoms. The number of rotatable bonds is 9. The van der Waals surface area contributed by atoms with Gasteiger partial charge in [0.1, 0.15) is 11.6 Å². The van der Waals surface area contributed by atoms with E-state index in [4.69, 9.17) is 4.74 Å². The molecule has 104 valence electrons. The van der Waals surface area contributed by atoms with E-state index >= 15 is 0 Å². The van der Waals surface area contributed by atoms with E-state index in [1.54, 1.807) is 18.2 Å². The lowest BCUT2D eigenvalue weighted by atomic mass is 10.1. The summed E-state index contributed by atoms with van der Waals surface area (Å²) in [7, 11) is 0. The summed E-state index contributed by atoms with van der Waals surface area (Å²) in [5, 5.41) is 10.1. The lowest BCUT2D eigenvalue weighted by molar-refractivity contribution is -0.124. The van der Waals surface area contributed by atoms with E-state index in [-0.39, 0.29) is 36.8 Å². The molecule has 0 radical (unpaired) electrons. The summed E-state index contributed by atoms with van der Waals surface area (Å²) in [6, 6.07) is 6.61. The largest absolute Gasteiger partial charge is 0.504 e. The number of phenolic OH excluding ortho intramolecular Hbond substituents is 1. The van der Waals surface area contributed by atoms with Crippen LogP contribution in [0, 0.1) is 0 Å². The van der Waals surface area contributed by atoms with Crippen LogP contribution in [0.15, 0.2) is 24.3 Å². The Kier molecular flexibility index (Phi) is 7.18. The van der Waals surface area contributed by atoms with Gasteiger partial charge >= 0.3 is 0 Å². The van der Waals surface area contributed by atoms with Crippen LogP contribution in [0.25, 0.3) is 0 Å². The number of phenols is 1. The minimum Gasteiger partial charge on any atom is -0.504 e. The fraction of sp³-hybridized carbons (Fsp3) is 0.429. The third kappa shape index (κ3) is 6.38. The summed E-state index contributed by atoms with van der Waals surface area (Å²) in [4.78, 5) is 22.8. The molecule has 4 nitrogen and oxygen atoms in total. The van der Waals surface area contributed by atoms with Gasteiger partial charge in [0.05, 0.1) is 6.61 Å². The van der Waals surface area contributed by atoms with Crippen LogP contribution in [0.1, 0.15) is 25.7 Å². The molecule has 0 aliphatic carbocycles. The van der Waals surface area contributed by atoms with Crippen LogP contribution in [-0.2, 0) is 9.59 Å². The minimum atomic E-state index is -0.00153. The summed E-state index contributed by atoms with van der Waals surface area (Å²) in [5.41, 5.74) is 0. The van der Waals surface area contributed by atoms with Gasteiger partial charge in [-0.05, 0) is 12.1 Å². The van der Waals surface area contributed by atoms with Gasteiger partial charge in [-0.25, -0.2) is 0 Å². The van der Waals surface area contributed by atoms with E-state index in [9.17, 15) is 14.7 Å². The number of carbonyl (C=O) groups excluding carboxylic acids is 2. The Hall–Kier alpha value is -1.36. The standard InChI is InChI=1S/C14H17BrO4/c15-9-7-11(16)5-6-12(17)8-10-19-14-4-2-1-3-13(14)18/h1-4,18H,5-10H2. The summed E-state index contributed by atoms with van der Waals surface area (Å²) in [5.74, 6) is 0.512. The van der Waals surface area contributed by atoms with Gasteiger partial charge in [-0.3, -0.25) is 9.59 Å². The van der Waals surface area contributed by atoms with Crippen molar-refractivity contribution in [2.75, 3.05) is 11.9 Å². The van der Waals surface area contributed by atoms with Crippen molar-refractivity contribution in [1.82, 2.24) is 0 Å². The van der Waals surface area contributed by atoms with E-state index in [0.717, 1.165) is 0 Å². The molecule has 0 aliphatic heterocycles. The molecule has 1 N–H and O–H groups in total. The fourth-order valence-electron chi connectivity index (χ4n) is 1.49. The molecule has 0 saturated carbocycles. The third-order valence-electron chi connectivity index (χ3n) is 2.56. The summed E-state index contributed by atoms with van der Waals surface area (Å²) >= 11 is 3.18. The molecule has 0 aromatic heterocycles. The topological polar surface area (TPSA) is 63.6 Å². The molecule has 5 heteroatoms. The average molecular weight is 329 g/mol. The Morgan fingerprint density at radius 2 is 1.68 bits per heavy atom. The summed E-state index contributed by atoms with van der Waals surface area (Å²) in [6.07, 6.45) is 1.26. The summed E-state index contributed by atoms with van der Waals surface area (Å²) in [6.45, 7) is 0.211. The Morgan fingerprint density at radius 3 is 2.32 bits per heavy atom. The van der Waals surface area contributed by atoms with Crippen molar-refractivity contribution in [2.24, 2.45) is 0 Å². The van der Waals surface area contributed by atoms with E-state index in [1.165, 1.54) is 6.07 Å². The average Bonchev–Trinajstić information content (AvgIpc) is 2.39. The second-order valence-electron chi connectivity index (χ2n) is 4.08. The predicted molar refractivity (Wildman–Crippen MR) is 75.9 cm³/mol. The van der Waals surface area contributed by atoms with Gasteiger partial charge in [0, 0.05) is 31.0 Å². The molecule has 0 bridgehead atoms. The highest BCUT2D eigenvalue weighted by Crippen LogP contribution is 2.24. The van der Waals surface area contributed by atoms with Crippen LogP contribution < -0.4 is 4.74 Å². The Balaban J connectivity index is 2.21. The fourth-order valence-corrected chi connectivity index (χ4v) is 1.93. The van der Waals surface area contributed by atoms with Crippen molar-refractivity contribution in [1.29, 1.82) is 0 Å². The van der Waals surface area contributed by atoms with Crippen molar-refractivity contribution in [3.63, 3.8) is 0 Å². The van der Waals surface area contributed by atoms with Gasteiger partial charge in [-0.1, -0.05) is 28.1 Å². The second-order valence-corrected chi connectivity index (χ2v) is 4.88. The van der Waals surface area contributed by atoms with Crippen molar-refractivity contribution in [3.05, 3.63) is 24.3 Å². The normalized spacial score (nSPS) is 10.2. The first kappa shape index (κ1) is 15.7. The van der Waals surface area contributed by atoms with E-state index < -0.39 is 0 Å². The molecule has 0 aliphatic rings. The van der Waals surface area contributed by atoms with E-state index in [0.29, 0.717) is 23.9 Å². The number of hydrogen-bond acceptors (Lipinski definition) is 4. The zero-order chi connectivity index (χ0) is 14.1. The summed E-state index contributed by atoms with van der Waals surface area (Å²) < 4.78 is 5.30. The highest BCUT2D eigenvalue weighted by Gasteiger charge is 2.07. The molecule has 1 aromatic rings. The van der Waals surface area contributed by atoms with Crippen LogP contribution in [0.5, 0.6) is 11.5 Å². The van der Waals surface area contributed by atoms with Crippen molar-refractivity contribution < 1.29 is 19.4 Å². The van der Waals surface area contributed by atoms with E-state index in [2.05, 4.69) is 15.9 Å². The van der Waals surface area contributed by atoms with Crippen molar-refractivity contribution in [3.8, 4) is 11.5 Å². The first-order valence-corrected chi connectivity index (χ1v) is 7.25. The van der Waals surface area contributed by atoms with Gasteiger partial charge in [0.15, 0.2) is 11.5 Å². The molecule has 0 atom stereocenters. The number of alkyl halides is 1. The number of ketones is 2. The number of Topliss-reactive ketones (excluding diaryl/α,β-unsaturated/α-hetero) is 2. The molecule has 0 fully saturated rings. The molecule has 1 rings (SSSR count). The Morgan fingerprint density at radius 1 is 1.05 bits per heavy atom. The molecular formula is C14H17BrO4. The van der Waals surface area contributed by atoms with Gasteiger partial charge in [-0.2, -0.15) is 0 Å². The maximum atomic E-state index is 11.5.